The molecule has 24 heavy (non-hydrogen) atoms. The molecule has 1 aliphatic heterocycles. The Bertz CT molecular complexity index is 700. The Morgan fingerprint density at radius 3 is 2.54 bits per heavy atom. The van der Waals surface area contributed by atoms with Crippen LogP contribution in [0.5, 0.6) is 5.75 Å². The molecule has 0 radical (unpaired) electrons. The molecule has 0 spiro atoms. The summed E-state index contributed by atoms with van der Waals surface area (Å²) in [5.41, 5.74) is 0.683. The normalized spacial score (nSPS) is 15.7. The molecule has 0 unspecified atom stereocenters. The van der Waals surface area contributed by atoms with Crippen LogP contribution >= 0.6 is 36.2 Å². The average Bonchev–Trinajstić information content (AvgIpc) is 3.07. The van der Waals surface area contributed by atoms with Crippen molar-refractivity contribution in [1.29, 1.82) is 5.26 Å². The number of piperazine rings is 1. The molecule has 1 aromatic carbocycles. The molecule has 1 fully saturated rings. The lowest BCUT2D eigenvalue weighted by Crippen LogP contribution is -2.45. The molecule has 1 aromatic heterocycles. The first-order valence-electron chi connectivity index (χ1n) is 7.12. The number of hydrogen-bond donors (Lipinski definition) is 2. The predicted octanol–water partition coefficient (Wildman–Crippen LogP) is 3.30. The van der Waals surface area contributed by atoms with Crippen molar-refractivity contribution in [2.75, 3.05) is 26.2 Å². The molecule has 4 nitrogen and oxygen atoms in total. The minimum atomic E-state index is -0.689. The minimum absolute atomic E-state index is 0. The van der Waals surface area contributed by atoms with Crippen molar-refractivity contribution in [3.05, 3.63) is 51.5 Å². The zero-order chi connectivity index (χ0) is 15.5. The molecule has 2 heterocycles. The van der Waals surface area contributed by atoms with Crippen LogP contribution in [0.3, 0.4) is 0 Å². The van der Waals surface area contributed by atoms with Crippen LogP contribution in [0.15, 0.2) is 29.6 Å². The van der Waals surface area contributed by atoms with Gasteiger partial charge in [-0.05, 0) is 23.6 Å². The highest BCUT2D eigenvalue weighted by Crippen LogP contribution is 2.39. The van der Waals surface area contributed by atoms with Crippen LogP contribution in [0, 0.1) is 17.1 Å². The maximum Gasteiger partial charge on any atom is 0.165 e. The number of benzene rings is 1. The molecule has 1 saturated heterocycles. The third-order valence-electron chi connectivity index (χ3n) is 3.89. The summed E-state index contributed by atoms with van der Waals surface area (Å²) in [6.45, 7) is 3.23. The Balaban J connectivity index is 0.00000144. The Morgan fingerprint density at radius 1 is 1.25 bits per heavy atom. The van der Waals surface area contributed by atoms with E-state index in [4.69, 9.17) is 0 Å². The van der Waals surface area contributed by atoms with E-state index in [1.165, 1.54) is 6.07 Å². The van der Waals surface area contributed by atoms with Crippen molar-refractivity contribution in [3.8, 4) is 11.8 Å². The summed E-state index contributed by atoms with van der Waals surface area (Å²) in [7, 11) is 0. The second kappa shape index (κ2) is 9.21. The maximum absolute atomic E-state index is 13.9. The summed E-state index contributed by atoms with van der Waals surface area (Å²) in [6.07, 6.45) is 0. The fraction of sp³-hybridized carbons (Fsp3) is 0.312. The van der Waals surface area contributed by atoms with Gasteiger partial charge in [0.25, 0.3) is 0 Å². The number of hydrogen-bond acceptors (Lipinski definition) is 5. The number of nitriles is 1. The van der Waals surface area contributed by atoms with Crippen molar-refractivity contribution in [2.45, 2.75) is 6.04 Å². The van der Waals surface area contributed by atoms with Crippen molar-refractivity contribution in [3.63, 3.8) is 0 Å². The maximum atomic E-state index is 13.9. The molecule has 0 saturated carbocycles. The molecule has 1 atom stereocenters. The van der Waals surface area contributed by atoms with Gasteiger partial charge in [0.1, 0.15) is 0 Å². The monoisotopic (exact) mass is 389 g/mol. The lowest BCUT2D eigenvalue weighted by molar-refractivity contribution is 0.197. The van der Waals surface area contributed by atoms with Gasteiger partial charge in [-0.1, -0.05) is 6.07 Å². The van der Waals surface area contributed by atoms with Gasteiger partial charge < -0.3 is 10.4 Å². The standard InChI is InChI=1S/C16H16FN3OS.2ClH/c17-12-4-3-11(10-18)14(16(12)21)15(13-2-1-9-22-13)20-7-5-19-6-8-20;;/h1-4,9,15,19,21H,5-8H2;2*1H/t15-;;/m0../s1. The zero-order valence-corrected chi connectivity index (χ0v) is 15.2. The predicted molar refractivity (Wildman–Crippen MR) is 97.9 cm³/mol. The van der Waals surface area contributed by atoms with Gasteiger partial charge in [-0.2, -0.15) is 5.26 Å². The molecule has 0 amide bonds. The first-order valence-corrected chi connectivity index (χ1v) is 8.00. The quantitative estimate of drug-likeness (QED) is 0.845. The highest BCUT2D eigenvalue weighted by atomic mass is 35.5. The van der Waals surface area contributed by atoms with Gasteiger partial charge >= 0.3 is 0 Å². The van der Waals surface area contributed by atoms with Crippen molar-refractivity contribution < 1.29 is 9.50 Å². The largest absolute Gasteiger partial charge is 0.505 e. The molecule has 1 aliphatic rings. The summed E-state index contributed by atoms with van der Waals surface area (Å²) in [4.78, 5) is 3.18. The molecular formula is C16H18Cl2FN3OS. The second-order valence-corrected chi connectivity index (χ2v) is 6.15. The molecule has 0 bridgehead atoms. The minimum Gasteiger partial charge on any atom is -0.505 e. The van der Waals surface area contributed by atoms with Crippen LogP contribution in [-0.4, -0.2) is 36.2 Å². The van der Waals surface area contributed by atoms with Gasteiger partial charge in [-0.25, -0.2) is 4.39 Å². The van der Waals surface area contributed by atoms with Crippen molar-refractivity contribution in [1.82, 2.24) is 10.2 Å². The van der Waals surface area contributed by atoms with E-state index in [0.717, 1.165) is 37.1 Å². The first kappa shape index (κ1) is 20.7. The number of rotatable bonds is 3. The fourth-order valence-electron chi connectivity index (χ4n) is 2.85. The molecule has 3 rings (SSSR count). The van der Waals surface area contributed by atoms with Crippen LogP contribution in [0.2, 0.25) is 0 Å². The highest BCUT2D eigenvalue weighted by Gasteiger charge is 2.30. The number of halogens is 3. The Labute approximate surface area is 156 Å². The van der Waals surface area contributed by atoms with Crippen molar-refractivity contribution in [2.24, 2.45) is 0 Å². The number of aromatic hydroxyl groups is 1. The van der Waals surface area contributed by atoms with E-state index in [-0.39, 0.29) is 30.9 Å². The third kappa shape index (κ3) is 4.00. The van der Waals surface area contributed by atoms with E-state index < -0.39 is 11.6 Å². The Kier molecular flexibility index (Phi) is 7.94. The van der Waals surface area contributed by atoms with Gasteiger partial charge in [-0.3, -0.25) is 4.90 Å². The van der Waals surface area contributed by atoms with Gasteiger partial charge in [0.15, 0.2) is 11.6 Å². The molecule has 2 aromatic rings. The topological polar surface area (TPSA) is 59.3 Å². The van der Waals surface area contributed by atoms with E-state index in [0.29, 0.717) is 11.1 Å². The van der Waals surface area contributed by atoms with Crippen LogP contribution in [0.4, 0.5) is 4.39 Å². The fourth-order valence-corrected chi connectivity index (χ4v) is 3.71. The van der Waals surface area contributed by atoms with E-state index in [1.807, 2.05) is 17.5 Å². The van der Waals surface area contributed by atoms with Gasteiger partial charge in [-0.15, -0.1) is 36.2 Å². The summed E-state index contributed by atoms with van der Waals surface area (Å²) in [5, 5.41) is 24.8. The lowest BCUT2D eigenvalue weighted by Gasteiger charge is -2.35. The number of phenols is 1. The van der Waals surface area contributed by atoms with Crippen LogP contribution in [0.1, 0.15) is 22.0 Å². The molecule has 8 heteroatoms. The average molecular weight is 390 g/mol. The molecule has 130 valence electrons. The van der Waals surface area contributed by atoms with E-state index in [2.05, 4.69) is 16.3 Å². The SMILES string of the molecule is Cl.Cl.N#Cc1ccc(F)c(O)c1[C@H](c1cccs1)N1CCNCC1. The number of thiophene rings is 1. The Hall–Kier alpha value is -1.36. The number of nitrogens with one attached hydrogen (secondary N) is 1. The Morgan fingerprint density at radius 2 is 1.96 bits per heavy atom. The van der Waals surface area contributed by atoms with E-state index in [9.17, 15) is 14.8 Å². The highest BCUT2D eigenvalue weighted by molar-refractivity contribution is 7.10. The summed E-state index contributed by atoms with van der Waals surface area (Å²) in [5.74, 6) is -1.11. The smallest absolute Gasteiger partial charge is 0.165 e. The molecule has 0 aliphatic carbocycles. The molecule has 2 N–H and O–H groups in total. The first-order chi connectivity index (χ1) is 10.7. The zero-order valence-electron chi connectivity index (χ0n) is 12.7. The van der Waals surface area contributed by atoms with E-state index >= 15 is 0 Å². The number of phenolic OH excluding ortho intramolecular Hbond substituents is 1. The van der Waals surface area contributed by atoms with Crippen LogP contribution in [0.25, 0.3) is 0 Å². The van der Waals surface area contributed by atoms with Gasteiger partial charge in [0.05, 0.1) is 17.7 Å². The van der Waals surface area contributed by atoms with Crippen LogP contribution < -0.4 is 5.32 Å². The lowest BCUT2D eigenvalue weighted by atomic mass is 9.96. The summed E-state index contributed by atoms with van der Waals surface area (Å²) >= 11 is 1.55. The summed E-state index contributed by atoms with van der Waals surface area (Å²) in [6, 6.07) is 8.25. The number of nitrogens with zero attached hydrogens (tertiary/aromatic N) is 2. The second-order valence-electron chi connectivity index (χ2n) is 5.17. The third-order valence-corrected chi connectivity index (χ3v) is 4.82. The van der Waals surface area contributed by atoms with E-state index in [1.54, 1.807) is 11.3 Å². The summed E-state index contributed by atoms with van der Waals surface area (Å²) < 4.78 is 13.9. The van der Waals surface area contributed by atoms with Crippen molar-refractivity contribution >= 4 is 36.2 Å². The van der Waals surface area contributed by atoms with Gasteiger partial charge in [0.2, 0.25) is 0 Å². The van der Waals surface area contributed by atoms with Crippen LogP contribution in [-0.2, 0) is 0 Å². The molecular weight excluding hydrogens is 372 g/mol. The van der Waals surface area contributed by atoms with Gasteiger partial charge in [0, 0.05) is 36.6 Å².